The van der Waals surface area contributed by atoms with Gasteiger partial charge in [0.25, 0.3) is 0 Å². The van der Waals surface area contributed by atoms with Crippen LogP contribution in [0.1, 0.15) is 84.3 Å². The molecule has 1 aromatic heterocycles. The van der Waals surface area contributed by atoms with Gasteiger partial charge in [0.05, 0.1) is 38.1 Å². The fraction of sp³-hybridized carbons (Fsp3) is 0.667. The number of aromatic nitrogens is 2. The fourth-order valence-corrected chi connectivity index (χ4v) is 7.50. The van der Waals surface area contributed by atoms with Crippen molar-refractivity contribution in [3.8, 4) is 0 Å². The number of aliphatic hydroxyl groups is 1. The lowest BCUT2D eigenvalue weighted by atomic mass is 10.0. The molecule has 69 heavy (non-hydrogen) atoms. The number of amides is 10. The van der Waals surface area contributed by atoms with Crippen molar-refractivity contribution in [2.24, 2.45) is 17.4 Å². The van der Waals surface area contributed by atoms with Crippen molar-refractivity contribution in [2.75, 3.05) is 39.3 Å². The summed E-state index contributed by atoms with van der Waals surface area (Å²) in [5.74, 6) is -8.81. The highest BCUT2D eigenvalue weighted by Crippen LogP contribution is 2.18. The van der Waals surface area contributed by atoms with Crippen LogP contribution in [0, 0.1) is 5.92 Å². The summed E-state index contributed by atoms with van der Waals surface area (Å²) in [6, 6.07) is -8.00. The summed E-state index contributed by atoms with van der Waals surface area (Å²) in [4.78, 5) is 149. The van der Waals surface area contributed by atoms with Crippen molar-refractivity contribution in [3.63, 3.8) is 0 Å². The number of aliphatic carboxylic acids is 1. The largest absolute Gasteiger partial charge is 0.480 e. The highest BCUT2D eigenvalue weighted by Gasteiger charge is 2.37. The third kappa shape index (κ3) is 19.8. The van der Waals surface area contributed by atoms with E-state index in [1.807, 2.05) is 0 Å². The zero-order valence-electron chi connectivity index (χ0n) is 39.1. The zero-order valence-corrected chi connectivity index (χ0v) is 39.1. The highest BCUT2D eigenvalue weighted by atomic mass is 16.4. The average molecular weight is 977 g/mol. The first kappa shape index (κ1) is 56.6. The Labute approximate surface area is 398 Å². The number of aromatic amines is 1. The van der Waals surface area contributed by atoms with E-state index >= 15 is 0 Å². The molecule has 0 spiro atoms. The highest BCUT2D eigenvalue weighted by molar-refractivity contribution is 5.97. The number of carboxylic acids is 1. The Bertz CT molecular complexity index is 1970. The molecule has 2 aliphatic rings. The van der Waals surface area contributed by atoms with Crippen LogP contribution in [0.5, 0.6) is 0 Å². The second kappa shape index (κ2) is 28.6. The standard InChI is InChI=1S/C42H68N14O13/c1-22(2)13-29(40(66)51-23(3)36(62)49-20-35(61)56-12-6-8-31(56)41(67)54-27(42(68)69)7-4-5-11-43)53-34(60)19-48-38(64)30(14-24-16-45-21-50-24)55-39(65)26(9-10-32(44)58)52-33(59)18-47-37(63)28-15-25(57)17-46-28/h16,21-23,25-31,46,57H,4-15,17-20,43H2,1-3H3,(H2,44,58)(H,45,50)(H,47,63)(H,48,64)(H,49,62)(H,51,66)(H,52,59)(H,53,60)(H,54,67)(H,55,65)(H,68,69)/t23-,25+,26-,27-,28-,29-,30-,31-/m0/s1. The Morgan fingerprint density at radius 2 is 1.45 bits per heavy atom. The van der Waals surface area contributed by atoms with Gasteiger partial charge in [-0.2, -0.15) is 0 Å². The summed E-state index contributed by atoms with van der Waals surface area (Å²) in [6.07, 6.45) is 3.45. The third-order valence-electron chi connectivity index (χ3n) is 11.2. The summed E-state index contributed by atoms with van der Waals surface area (Å²) in [6.45, 7) is 3.94. The van der Waals surface area contributed by atoms with E-state index in [-0.39, 0.29) is 57.5 Å². The number of carbonyl (C=O) groups excluding carboxylic acids is 10. The first-order valence-electron chi connectivity index (χ1n) is 22.9. The van der Waals surface area contributed by atoms with Gasteiger partial charge in [-0.05, 0) is 70.8 Å². The van der Waals surface area contributed by atoms with E-state index in [1.54, 1.807) is 13.8 Å². The molecule has 0 aliphatic carbocycles. The molecule has 0 unspecified atom stereocenters. The van der Waals surface area contributed by atoms with E-state index in [4.69, 9.17) is 11.5 Å². The van der Waals surface area contributed by atoms with Gasteiger partial charge >= 0.3 is 5.97 Å². The van der Waals surface area contributed by atoms with Crippen LogP contribution in [0.25, 0.3) is 0 Å². The molecule has 384 valence electrons. The van der Waals surface area contributed by atoms with Crippen LogP contribution in [0.3, 0.4) is 0 Å². The molecule has 27 heteroatoms. The molecule has 16 N–H and O–H groups in total. The number of imidazole rings is 1. The SMILES string of the molecule is CC(C)C[C@H](NC(=O)CNC(=O)[C@H](Cc1cnc[nH]1)NC(=O)[C@H](CCC(N)=O)NC(=O)CNC(=O)[C@@H]1C[C@@H](O)CN1)C(=O)N[C@@H](C)C(=O)NCC(=O)N1CCC[C@H]1C(=O)N[C@@H](CCCCN)C(=O)O. The van der Waals surface area contributed by atoms with Gasteiger partial charge in [-0.1, -0.05) is 13.8 Å². The number of carbonyl (C=O) groups is 11. The number of hydrogen-bond acceptors (Lipinski definition) is 15. The minimum absolute atomic E-state index is 0.105. The molecule has 3 rings (SSSR count). The normalized spacial score (nSPS) is 18.6. The maximum atomic E-state index is 13.6. The molecule has 0 saturated carbocycles. The summed E-state index contributed by atoms with van der Waals surface area (Å²) < 4.78 is 0. The van der Waals surface area contributed by atoms with Crippen LogP contribution in [0.2, 0.25) is 0 Å². The number of nitrogens with zero attached hydrogens (tertiary/aromatic N) is 2. The minimum atomic E-state index is -1.40. The third-order valence-corrected chi connectivity index (χ3v) is 11.2. The molecule has 2 aliphatic heterocycles. The predicted molar refractivity (Wildman–Crippen MR) is 242 cm³/mol. The molecule has 1 aromatic rings. The van der Waals surface area contributed by atoms with Crippen molar-refractivity contribution in [1.29, 1.82) is 0 Å². The number of nitrogens with one attached hydrogen (secondary N) is 10. The Hall–Kier alpha value is -6.74. The number of β-amino-alcohol motifs (C(OH)–C–C–N with tert-alkyl or cyclic N) is 1. The summed E-state index contributed by atoms with van der Waals surface area (Å²) in [5.41, 5.74) is 11.2. The van der Waals surface area contributed by atoms with Crippen LogP contribution < -0.4 is 59.3 Å². The number of H-pyrrole nitrogens is 1. The fourth-order valence-electron chi connectivity index (χ4n) is 7.50. The van der Waals surface area contributed by atoms with Gasteiger partial charge in [-0.15, -0.1) is 0 Å². The van der Waals surface area contributed by atoms with Crippen molar-refractivity contribution in [3.05, 3.63) is 18.2 Å². The zero-order chi connectivity index (χ0) is 51.2. The molecule has 0 bridgehead atoms. The molecular formula is C42H68N14O13. The van der Waals surface area contributed by atoms with Gasteiger partial charge in [0.2, 0.25) is 59.1 Å². The van der Waals surface area contributed by atoms with Crippen LogP contribution in [0.4, 0.5) is 0 Å². The number of rotatable bonds is 29. The van der Waals surface area contributed by atoms with Crippen molar-refractivity contribution >= 4 is 65.0 Å². The molecule has 2 fully saturated rings. The number of hydrogen-bond donors (Lipinski definition) is 14. The molecule has 10 amide bonds. The van der Waals surface area contributed by atoms with Crippen LogP contribution in [-0.2, 0) is 59.2 Å². The van der Waals surface area contributed by atoms with Gasteiger partial charge in [0.1, 0.15) is 36.3 Å². The van der Waals surface area contributed by atoms with Crippen molar-refractivity contribution in [2.45, 2.75) is 133 Å². The Kier molecular flexibility index (Phi) is 23.4. The molecule has 27 nitrogen and oxygen atoms in total. The van der Waals surface area contributed by atoms with Gasteiger partial charge in [-0.25, -0.2) is 9.78 Å². The average Bonchev–Trinajstić information content (AvgIpc) is 4.10. The topological polar surface area (TPSA) is 420 Å². The van der Waals surface area contributed by atoms with Crippen molar-refractivity contribution < 1.29 is 63.0 Å². The van der Waals surface area contributed by atoms with E-state index < -0.39 is 133 Å². The lowest BCUT2D eigenvalue weighted by molar-refractivity contribution is -0.144. The Balaban J connectivity index is 1.57. The number of carboxylic acid groups (broad SMARTS) is 1. The predicted octanol–water partition coefficient (Wildman–Crippen LogP) is -6.02. The van der Waals surface area contributed by atoms with Crippen LogP contribution >= 0.6 is 0 Å². The van der Waals surface area contributed by atoms with Gasteiger partial charge < -0.3 is 79.4 Å². The van der Waals surface area contributed by atoms with Gasteiger partial charge in [-0.3, -0.25) is 47.9 Å². The van der Waals surface area contributed by atoms with Gasteiger partial charge in [0.15, 0.2) is 0 Å². The number of aliphatic hydroxyl groups excluding tert-OH is 1. The second-order valence-electron chi connectivity index (χ2n) is 17.4. The summed E-state index contributed by atoms with van der Waals surface area (Å²) in [7, 11) is 0. The molecule has 8 atom stereocenters. The lowest BCUT2D eigenvalue weighted by Gasteiger charge is -2.26. The second-order valence-corrected chi connectivity index (χ2v) is 17.4. The number of likely N-dealkylation sites (tertiary alicyclic amines) is 1. The van der Waals surface area contributed by atoms with Crippen LogP contribution in [-0.4, -0.2) is 178 Å². The van der Waals surface area contributed by atoms with Crippen LogP contribution in [0.15, 0.2) is 12.5 Å². The number of primary amides is 1. The monoisotopic (exact) mass is 977 g/mol. The molecule has 3 heterocycles. The van der Waals surface area contributed by atoms with Gasteiger partial charge in [0, 0.05) is 37.8 Å². The van der Waals surface area contributed by atoms with E-state index in [2.05, 4.69) is 57.8 Å². The Morgan fingerprint density at radius 1 is 0.783 bits per heavy atom. The summed E-state index contributed by atoms with van der Waals surface area (Å²) in [5, 5.41) is 41.8. The number of nitrogens with two attached hydrogens (primary N) is 2. The number of unbranched alkanes of at least 4 members (excludes halogenated alkanes) is 1. The maximum absolute atomic E-state index is 13.6. The maximum Gasteiger partial charge on any atom is 0.326 e. The molecular weight excluding hydrogens is 909 g/mol. The minimum Gasteiger partial charge on any atom is -0.480 e. The van der Waals surface area contributed by atoms with E-state index in [1.165, 1.54) is 24.3 Å². The first-order valence-corrected chi connectivity index (χ1v) is 22.9. The van der Waals surface area contributed by atoms with E-state index in [0.717, 1.165) is 0 Å². The smallest absolute Gasteiger partial charge is 0.326 e. The van der Waals surface area contributed by atoms with Crippen molar-refractivity contribution in [1.82, 2.24) is 62.7 Å². The molecule has 0 radical (unpaired) electrons. The molecule has 2 saturated heterocycles. The summed E-state index contributed by atoms with van der Waals surface area (Å²) >= 11 is 0. The van der Waals surface area contributed by atoms with E-state index in [0.29, 0.717) is 37.9 Å². The quantitative estimate of drug-likeness (QED) is 0.0332. The Morgan fingerprint density at radius 3 is 2.06 bits per heavy atom. The first-order chi connectivity index (χ1) is 32.7. The van der Waals surface area contributed by atoms with E-state index in [9.17, 15) is 63.0 Å². The molecule has 0 aromatic carbocycles. The lowest BCUT2D eigenvalue weighted by Crippen LogP contribution is -2.57.